The molecule has 2 saturated carbocycles. The van der Waals surface area contributed by atoms with Gasteiger partial charge in [-0.1, -0.05) is 18.2 Å². The average molecular weight is 340 g/mol. The smallest absolute Gasteiger partial charge is 0.238 e. The second-order valence-corrected chi connectivity index (χ2v) is 8.28. The lowest BCUT2D eigenvalue weighted by Gasteiger charge is -2.53. The van der Waals surface area contributed by atoms with E-state index in [1.165, 1.54) is 0 Å². The lowest BCUT2D eigenvalue weighted by Crippen LogP contribution is -2.64. The van der Waals surface area contributed by atoms with Crippen LogP contribution in [0, 0.1) is 23.2 Å². The van der Waals surface area contributed by atoms with Crippen molar-refractivity contribution in [3.63, 3.8) is 0 Å². The van der Waals surface area contributed by atoms with Crippen molar-refractivity contribution < 1.29 is 19.4 Å². The molecule has 7 atom stereocenters. The van der Waals surface area contributed by atoms with E-state index in [0.29, 0.717) is 13.0 Å². The number of anilines is 1. The summed E-state index contributed by atoms with van der Waals surface area (Å²) in [6.45, 7) is 0.371. The molecule has 6 rings (SSSR count). The van der Waals surface area contributed by atoms with Gasteiger partial charge >= 0.3 is 0 Å². The Labute approximate surface area is 145 Å². The van der Waals surface area contributed by atoms with Crippen LogP contribution in [0.25, 0.3) is 0 Å². The van der Waals surface area contributed by atoms with Gasteiger partial charge in [-0.2, -0.15) is 0 Å². The average Bonchev–Trinajstić information content (AvgIpc) is 3.08. The van der Waals surface area contributed by atoms with E-state index in [9.17, 15) is 14.7 Å². The topological polar surface area (TPSA) is 78.9 Å². The van der Waals surface area contributed by atoms with Crippen LogP contribution >= 0.6 is 0 Å². The van der Waals surface area contributed by atoms with E-state index in [4.69, 9.17) is 4.74 Å². The molecule has 2 aliphatic carbocycles. The first-order chi connectivity index (χ1) is 12.1. The molecule has 130 valence electrons. The van der Waals surface area contributed by atoms with Crippen molar-refractivity contribution in [2.75, 3.05) is 25.6 Å². The van der Waals surface area contributed by atoms with Crippen molar-refractivity contribution in [3.05, 3.63) is 29.8 Å². The number of amides is 2. The van der Waals surface area contributed by atoms with Crippen LogP contribution < -0.4 is 5.32 Å². The summed E-state index contributed by atoms with van der Waals surface area (Å²) < 4.78 is 6.21. The van der Waals surface area contributed by atoms with Gasteiger partial charge in [0, 0.05) is 30.6 Å². The normalized spacial score (nSPS) is 48.4. The summed E-state index contributed by atoms with van der Waals surface area (Å²) in [4.78, 5) is 28.3. The van der Waals surface area contributed by atoms with Crippen molar-refractivity contribution in [3.8, 4) is 0 Å². The molecule has 5 bridgehead atoms. The van der Waals surface area contributed by atoms with E-state index in [2.05, 4.69) is 5.32 Å². The third-order valence-corrected chi connectivity index (χ3v) is 7.89. The van der Waals surface area contributed by atoms with E-state index in [1.54, 1.807) is 4.90 Å². The first-order valence-electron chi connectivity index (χ1n) is 8.99. The number of benzene rings is 1. The maximum absolute atomic E-state index is 13.4. The molecule has 0 aromatic heterocycles. The highest BCUT2D eigenvalue weighted by Crippen LogP contribution is 2.73. The predicted molar refractivity (Wildman–Crippen MR) is 87.7 cm³/mol. The van der Waals surface area contributed by atoms with Gasteiger partial charge in [-0.25, -0.2) is 0 Å². The lowest BCUT2D eigenvalue weighted by molar-refractivity contribution is -0.180. The second-order valence-electron chi connectivity index (χ2n) is 8.28. The third-order valence-electron chi connectivity index (χ3n) is 7.89. The zero-order valence-corrected chi connectivity index (χ0v) is 13.9. The molecular formula is C19H20N2O4. The minimum Gasteiger partial charge on any atom is -0.395 e. The maximum atomic E-state index is 13.4. The molecule has 3 heterocycles. The van der Waals surface area contributed by atoms with Crippen molar-refractivity contribution in [2.45, 2.75) is 24.0 Å². The Hall–Kier alpha value is -1.92. The van der Waals surface area contributed by atoms with Crippen molar-refractivity contribution >= 4 is 17.5 Å². The molecule has 1 aromatic rings. The molecule has 0 unspecified atom stereocenters. The summed E-state index contributed by atoms with van der Waals surface area (Å²) >= 11 is 0. The number of nitrogens with zero attached hydrogens (tertiary/aromatic N) is 1. The Morgan fingerprint density at radius 2 is 2.16 bits per heavy atom. The number of hydrogen-bond acceptors (Lipinski definition) is 4. The number of aliphatic hydroxyl groups is 1. The van der Waals surface area contributed by atoms with Gasteiger partial charge in [0.2, 0.25) is 11.8 Å². The van der Waals surface area contributed by atoms with E-state index in [1.807, 2.05) is 31.3 Å². The summed E-state index contributed by atoms with van der Waals surface area (Å²) in [7, 11) is 1.82. The van der Waals surface area contributed by atoms with Crippen LogP contribution in [0.5, 0.6) is 0 Å². The minimum atomic E-state index is -0.883. The van der Waals surface area contributed by atoms with Crippen LogP contribution in [0.2, 0.25) is 0 Å². The molecule has 6 nitrogen and oxygen atoms in total. The molecule has 1 aromatic carbocycles. The number of carbonyl (C=O) groups excluding carboxylic acids is 2. The monoisotopic (exact) mass is 340 g/mol. The number of likely N-dealkylation sites (tertiary alicyclic amines) is 1. The number of rotatable bonds is 1. The first-order valence-corrected chi connectivity index (χ1v) is 8.99. The van der Waals surface area contributed by atoms with Crippen LogP contribution in [0.15, 0.2) is 24.3 Å². The first kappa shape index (κ1) is 14.3. The Morgan fingerprint density at radius 1 is 1.36 bits per heavy atom. The quantitative estimate of drug-likeness (QED) is 0.774. The highest BCUT2D eigenvalue weighted by atomic mass is 16.5. The summed E-state index contributed by atoms with van der Waals surface area (Å²) in [6, 6.07) is 7.69. The fourth-order valence-electron chi connectivity index (χ4n) is 7.20. The molecule has 3 aliphatic heterocycles. The Bertz CT molecular complexity index is 840. The zero-order valence-electron chi connectivity index (χ0n) is 13.9. The third kappa shape index (κ3) is 1.17. The molecule has 6 heteroatoms. The van der Waals surface area contributed by atoms with Crippen molar-refractivity contribution in [1.82, 2.24) is 4.90 Å². The van der Waals surface area contributed by atoms with E-state index in [-0.39, 0.29) is 48.3 Å². The Morgan fingerprint density at radius 3 is 2.96 bits per heavy atom. The molecule has 5 aliphatic rings. The summed E-state index contributed by atoms with van der Waals surface area (Å²) in [5, 5.41) is 13.5. The van der Waals surface area contributed by atoms with Crippen LogP contribution in [0.3, 0.4) is 0 Å². The zero-order chi connectivity index (χ0) is 17.1. The number of hydrogen-bond donors (Lipinski definition) is 2. The van der Waals surface area contributed by atoms with Gasteiger partial charge in [0.05, 0.1) is 24.7 Å². The van der Waals surface area contributed by atoms with Crippen LogP contribution in [0.1, 0.15) is 12.0 Å². The van der Waals surface area contributed by atoms with Gasteiger partial charge in [0.15, 0.2) is 0 Å². The molecule has 1 spiro atoms. The molecule has 2 N–H and O–H groups in total. The van der Waals surface area contributed by atoms with Gasteiger partial charge in [0.1, 0.15) is 5.41 Å². The minimum absolute atomic E-state index is 0.00292. The van der Waals surface area contributed by atoms with Gasteiger partial charge in [-0.3, -0.25) is 9.59 Å². The van der Waals surface area contributed by atoms with Crippen LogP contribution in [0.4, 0.5) is 5.69 Å². The second kappa shape index (κ2) is 4.07. The fraction of sp³-hybridized carbons (Fsp3) is 0.579. The number of piperidine rings is 1. The van der Waals surface area contributed by atoms with Gasteiger partial charge in [0.25, 0.3) is 0 Å². The standard InChI is InChI=1S/C19H20N2O4/c1-21-14-9-7-25-13-6-11(9)18(8-22,17(21)24)15(14)19(13)10-4-2-3-5-12(10)20-16(19)23/h2-5,9,11,13-15,22H,6-8H2,1H3,(H,20,23)/t9-,11+,13+,14+,15-,18-,19-/m1/s1. The van der Waals surface area contributed by atoms with Crippen LogP contribution in [-0.2, 0) is 19.7 Å². The van der Waals surface area contributed by atoms with Crippen molar-refractivity contribution in [1.29, 1.82) is 0 Å². The molecule has 2 saturated heterocycles. The van der Waals surface area contributed by atoms with E-state index in [0.717, 1.165) is 11.3 Å². The number of nitrogens with one attached hydrogen (secondary N) is 1. The molecule has 0 radical (unpaired) electrons. The molecule has 2 amide bonds. The molecular weight excluding hydrogens is 320 g/mol. The number of para-hydroxylation sites is 1. The van der Waals surface area contributed by atoms with Gasteiger partial charge < -0.3 is 20.1 Å². The molecule has 4 fully saturated rings. The van der Waals surface area contributed by atoms with Gasteiger partial charge in [-0.15, -0.1) is 0 Å². The maximum Gasteiger partial charge on any atom is 0.238 e. The number of ether oxygens (including phenoxy) is 1. The summed E-state index contributed by atoms with van der Waals surface area (Å²) in [5.74, 6) is 0.0124. The largest absolute Gasteiger partial charge is 0.395 e. The predicted octanol–water partition coefficient (Wildman–Crippen LogP) is 0.360. The van der Waals surface area contributed by atoms with E-state index >= 15 is 0 Å². The summed E-state index contributed by atoms with van der Waals surface area (Å²) in [5.41, 5.74) is 0.0140. The number of fused-ring (bicyclic) bond motifs is 5. The Balaban J connectivity index is 1.70. The lowest BCUT2D eigenvalue weighted by atomic mass is 9.51. The van der Waals surface area contributed by atoms with Gasteiger partial charge in [-0.05, 0) is 24.0 Å². The van der Waals surface area contributed by atoms with Crippen LogP contribution in [-0.4, -0.2) is 54.2 Å². The highest BCUT2D eigenvalue weighted by molar-refractivity contribution is 6.09. The SMILES string of the molecule is CN1C(=O)[C@@]2(CO)[C@H]3[C@@H]1[C@@H]1CO[C@@H](C[C@@H]12)[C@@]31C(=O)Nc2ccccc21. The van der Waals surface area contributed by atoms with E-state index < -0.39 is 10.8 Å². The highest BCUT2D eigenvalue weighted by Gasteiger charge is 2.83. The fourth-order valence-corrected chi connectivity index (χ4v) is 7.20. The number of aliphatic hydroxyl groups excluding tert-OH is 1. The summed E-state index contributed by atoms with van der Waals surface area (Å²) in [6.07, 6.45) is 0.436. The molecule has 25 heavy (non-hydrogen) atoms. The number of carbonyl (C=O) groups is 2. The Kier molecular flexibility index (Phi) is 2.33. The van der Waals surface area contributed by atoms with Crippen molar-refractivity contribution in [2.24, 2.45) is 23.2 Å².